The third-order valence-electron chi connectivity index (χ3n) is 4.17. The monoisotopic (exact) mass is 232 g/mol. The standard InChI is InChI=1S/C15H24N2/c1-11-6-4-7-12(2)15(11)17-13(3)14-8-5-9-16-10-14/h5,8-13,15,17H,4,6-7H2,1-3H3/t11?,12?,13-,15?/m0/s1. The molecule has 0 aliphatic heterocycles. The summed E-state index contributed by atoms with van der Waals surface area (Å²) in [5.41, 5.74) is 1.29. The second kappa shape index (κ2) is 5.63. The van der Waals surface area contributed by atoms with Crippen molar-refractivity contribution in [1.29, 1.82) is 0 Å². The van der Waals surface area contributed by atoms with Gasteiger partial charge in [-0.3, -0.25) is 4.98 Å². The molecule has 3 atom stereocenters. The van der Waals surface area contributed by atoms with Crippen LogP contribution in [0.2, 0.25) is 0 Å². The van der Waals surface area contributed by atoms with Gasteiger partial charge in [0.2, 0.25) is 0 Å². The van der Waals surface area contributed by atoms with E-state index in [1.54, 1.807) is 0 Å². The lowest BCUT2D eigenvalue weighted by atomic mass is 9.78. The van der Waals surface area contributed by atoms with Gasteiger partial charge < -0.3 is 5.32 Å². The highest BCUT2D eigenvalue weighted by Crippen LogP contribution is 2.30. The Labute approximate surface area is 105 Å². The quantitative estimate of drug-likeness (QED) is 0.862. The van der Waals surface area contributed by atoms with E-state index in [4.69, 9.17) is 0 Å². The highest BCUT2D eigenvalue weighted by molar-refractivity contribution is 5.13. The number of aromatic nitrogens is 1. The maximum atomic E-state index is 4.20. The van der Waals surface area contributed by atoms with Crippen LogP contribution in [0.1, 0.15) is 51.6 Å². The fraction of sp³-hybridized carbons (Fsp3) is 0.667. The van der Waals surface area contributed by atoms with Gasteiger partial charge in [-0.05, 0) is 43.2 Å². The van der Waals surface area contributed by atoms with Crippen LogP contribution in [0.25, 0.3) is 0 Å². The fourth-order valence-electron chi connectivity index (χ4n) is 3.03. The van der Waals surface area contributed by atoms with E-state index >= 15 is 0 Å². The zero-order chi connectivity index (χ0) is 12.3. The number of rotatable bonds is 3. The van der Waals surface area contributed by atoms with Crippen LogP contribution in [-0.4, -0.2) is 11.0 Å². The molecular weight excluding hydrogens is 208 g/mol. The predicted octanol–water partition coefficient (Wildman–Crippen LogP) is 3.56. The molecule has 0 amide bonds. The minimum Gasteiger partial charge on any atom is -0.307 e. The van der Waals surface area contributed by atoms with Crippen molar-refractivity contribution in [2.75, 3.05) is 0 Å². The number of pyridine rings is 1. The van der Waals surface area contributed by atoms with Gasteiger partial charge in [0.1, 0.15) is 0 Å². The van der Waals surface area contributed by atoms with E-state index in [0.717, 1.165) is 11.8 Å². The van der Waals surface area contributed by atoms with Crippen molar-refractivity contribution in [2.45, 2.75) is 52.1 Å². The summed E-state index contributed by atoms with van der Waals surface area (Å²) in [7, 11) is 0. The molecule has 2 heteroatoms. The van der Waals surface area contributed by atoms with Crippen LogP contribution in [0, 0.1) is 11.8 Å². The van der Waals surface area contributed by atoms with Crippen LogP contribution in [0.4, 0.5) is 0 Å². The SMILES string of the molecule is CC1CCCC(C)C1N[C@@H](C)c1cccnc1. The van der Waals surface area contributed by atoms with Crippen molar-refractivity contribution in [2.24, 2.45) is 11.8 Å². The van der Waals surface area contributed by atoms with Gasteiger partial charge in [0.15, 0.2) is 0 Å². The maximum absolute atomic E-state index is 4.20. The summed E-state index contributed by atoms with van der Waals surface area (Å²) in [6, 6.07) is 5.22. The summed E-state index contributed by atoms with van der Waals surface area (Å²) in [5, 5.41) is 3.79. The second-order valence-corrected chi connectivity index (χ2v) is 5.59. The Morgan fingerprint density at radius 3 is 2.59 bits per heavy atom. The first-order chi connectivity index (χ1) is 8.18. The van der Waals surface area contributed by atoms with Gasteiger partial charge in [-0.1, -0.05) is 26.3 Å². The molecule has 0 saturated heterocycles. The molecule has 1 fully saturated rings. The molecule has 2 unspecified atom stereocenters. The number of nitrogens with one attached hydrogen (secondary N) is 1. The Bertz CT molecular complexity index is 326. The molecule has 17 heavy (non-hydrogen) atoms. The van der Waals surface area contributed by atoms with Crippen molar-refractivity contribution in [3.8, 4) is 0 Å². The number of nitrogens with zero attached hydrogens (tertiary/aromatic N) is 1. The topological polar surface area (TPSA) is 24.9 Å². The van der Waals surface area contributed by atoms with Crippen molar-refractivity contribution >= 4 is 0 Å². The molecule has 1 N–H and O–H groups in total. The lowest BCUT2D eigenvalue weighted by molar-refractivity contribution is 0.196. The van der Waals surface area contributed by atoms with Crippen LogP contribution in [0.15, 0.2) is 24.5 Å². The summed E-state index contributed by atoms with van der Waals surface area (Å²) < 4.78 is 0. The Hall–Kier alpha value is -0.890. The molecule has 94 valence electrons. The molecule has 0 bridgehead atoms. The Morgan fingerprint density at radius 1 is 1.29 bits per heavy atom. The Kier molecular flexibility index (Phi) is 4.16. The molecule has 2 nitrogen and oxygen atoms in total. The predicted molar refractivity (Wildman–Crippen MR) is 71.8 cm³/mol. The first-order valence-corrected chi connectivity index (χ1v) is 6.84. The average Bonchev–Trinajstić information content (AvgIpc) is 2.35. The average molecular weight is 232 g/mol. The smallest absolute Gasteiger partial charge is 0.0315 e. The van der Waals surface area contributed by atoms with E-state index < -0.39 is 0 Å². The van der Waals surface area contributed by atoms with Gasteiger partial charge in [-0.15, -0.1) is 0 Å². The molecule has 1 aromatic heterocycles. The maximum Gasteiger partial charge on any atom is 0.0315 e. The minimum absolute atomic E-state index is 0.400. The largest absolute Gasteiger partial charge is 0.307 e. The molecule has 1 aromatic rings. The molecular formula is C15H24N2. The van der Waals surface area contributed by atoms with Gasteiger partial charge >= 0.3 is 0 Å². The van der Waals surface area contributed by atoms with Crippen LogP contribution < -0.4 is 5.32 Å². The molecule has 1 aliphatic rings. The van der Waals surface area contributed by atoms with E-state index in [1.807, 2.05) is 18.5 Å². The molecule has 2 rings (SSSR count). The van der Waals surface area contributed by atoms with Crippen molar-refractivity contribution in [1.82, 2.24) is 10.3 Å². The minimum atomic E-state index is 0.400. The third kappa shape index (κ3) is 3.06. The zero-order valence-electron chi connectivity index (χ0n) is 11.2. The number of hydrogen-bond acceptors (Lipinski definition) is 2. The Morgan fingerprint density at radius 2 is 2.00 bits per heavy atom. The van der Waals surface area contributed by atoms with E-state index in [-0.39, 0.29) is 0 Å². The summed E-state index contributed by atoms with van der Waals surface area (Å²) in [6.07, 6.45) is 7.92. The van der Waals surface area contributed by atoms with Crippen LogP contribution >= 0.6 is 0 Å². The van der Waals surface area contributed by atoms with Gasteiger partial charge in [0, 0.05) is 24.5 Å². The highest BCUT2D eigenvalue weighted by Gasteiger charge is 2.28. The molecule has 1 saturated carbocycles. The summed E-state index contributed by atoms with van der Waals surface area (Å²) in [5.74, 6) is 1.58. The highest BCUT2D eigenvalue weighted by atomic mass is 15.0. The lowest BCUT2D eigenvalue weighted by Crippen LogP contribution is -2.43. The first kappa shape index (κ1) is 12.6. The van der Waals surface area contributed by atoms with Crippen LogP contribution in [-0.2, 0) is 0 Å². The van der Waals surface area contributed by atoms with E-state index in [2.05, 4.69) is 37.1 Å². The molecule has 1 heterocycles. The normalized spacial score (nSPS) is 31.1. The van der Waals surface area contributed by atoms with Crippen LogP contribution in [0.3, 0.4) is 0 Å². The summed E-state index contributed by atoms with van der Waals surface area (Å²) in [6.45, 7) is 7.00. The molecule has 0 spiro atoms. The molecule has 1 aliphatic carbocycles. The van der Waals surface area contributed by atoms with E-state index in [1.165, 1.54) is 24.8 Å². The third-order valence-corrected chi connectivity index (χ3v) is 4.17. The molecule has 0 aromatic carbocycles. The van der Waals surface area contributed by atoms with E-state index in [0.29, 0.717) is 12.1 Å². The summed E-state index contributed by atoms with van der Waals surface area (Å²) >= 11 is 0. The van der Waals surface area contributed by atoms with Crippen molar-refractivity contribution in [3.63, 3.8) is 0 Å². The van der Waals surface area contributed by atoms with Crippen LogP contribution in [0.5, 0.6) is 0 Å². The van der Waals surface area contributed by atoms with Gasteiger partial charge in [-0.2, -0.15) is 0 Å². The molecule has 0 radical (unpaired) electrons. The number of hydrogen-bond donors (Lipinski definition) is 1. The zero-order valence-corrected chi connectivity index (χ0v) is 11.2. The second-order valence-electron chi connectivity index (χ2n) is 5.59. The van der Waals surface area contributed by atoms with Crippen molar-refractivity contribution < 1.29 is 0 Å². The van der Waals surface area contributed by atoms with Gasteiger partial charge in [-0.25, -0.2) is 0 Å². The Balaban J connectivity index is 2.00. The lowest BCUT2D eigenvalue weighted by Gasteiger charge is -2.37. The summed E-state index contributed by atoms with van der Waals surface area (Å²) in [4.78, 5) is 4.20. The first-order valence-electron chi connectivity index (χ1n) is 6.84. The van der Waals surface area contributed by atoms with E-state index in [9.17, 15) is 0 Å². The van der Waals surface area contributed by atoms with Crippen molar-refractivity contribution in [3.05, 3.63) is 30.1 Å². The fourth-order valence-corrected chi connectivity index (χ4v) is 3.03. The van der Waals surface area contributed by atoms with Gasteiger partial charge in [0.25, 0.3) is 0 Å². The van der Waals surface area contributed by atoms with Gasteiger partial charge in [0.05, 0.1) is 0 Å².